The quantitative estimate of drug-likeness (QED) is 0.385. The first-order valence-corrected chi connectivity index (χ1v) is 13.1. The van der Waals surface area contributed by atoms with E-state index in [1.165, 1.54) is 28.0 Å². The molecule has 2 fully saturated rings. The van der Waals surface area contributed by atoms with Gasteiger partial charge in [0.05, 0.1) is 16.4 Å². The molecule has 9 nitrogen and oxygen atoms in total. The number of hydrogen-bond acceptors (Lipinski definition) is 7. The highest BCUT2D eigenvalue weighted by Crippen LogP contribution is 2.35. The van der Waals surface area contributed by atoms with Gasteiger partial charge in [-0.05, 0) is 45.6 Å². The zero-order valence-corrected chi connectivity index (χ0v) is 20.7. The number of thioether (sulfide) groups is 1. The summed E-state index contributed by atoms with van der Waals surface area (Å²) in [7, 11) is 0. The van der Waals surface area contributed by atoms with E-state index >= 15 is 0 Å². The predicted molar refractivity (Wildman–Crippen MR) is 130 cm³/mol. The van der Waals surface area contributed by atoms with Gasteiger partial charge in [-0.15, -0.1) is 23.1 Å². The molecule has 178 valence electrons. The Morgan fingerprint density at radius 3 is 2.73 bits per heavy atom. The van der Waals surface area contributed by atoms with Crippen LogP contribution in [0.5, 0.6) is 0 Å². The second-order valence-corrected chi connectivity index (χ2v) is 11.3. The standard InChI is InChI=1S/C22H29N5O4S2/c1-12-13(2)33-19-16(12)18(29)24-15(25-19)11-32-14(3)17(28)23-9-6-10-27-20(30)22(26-21(27)31)7-4-5-8-22/h14H,4-11H2,1-3H3,(H,23,28)(H,26,31)(H,24,25,29). The van der Waals surface area contributed by atoms with Gasteiger partial charge in [0, 0.05) is 18.0 Å². The van der Waals surface area contributed by atoms with Crippen molar-refractivity contribution in [1.82, 2.24) is 25.5 Å². The summed E-state index contributed by atoms with van der Waals surface area (Å²) in [5.74, 6) is 0.712. The van der Waals surface area contributed by atoms with Gasteiger partial charge in [0.15, 0.2) is 0 Å². The molecule has 2 aliphatic rings. The number of amides is 4. The van der Waals surface area contributed by atoms with Crippen molar-refractivity contribution in [2.45, 2.75) is 69.4 Å². The number of H-pyrrole nitrogens is 1. The second-order valence-electron chi connectivity index (χ2n) is 8.75. The lowest BCUT2D eigenvalue weighted by Crippen LogP contribution is -2.44. The number of carbonyl (C=O) groups excluding carboxylic acids is 3. The van der Waals surface area contributed by atoms with E-state index < -0.39 is 5.54 Å². The number of imide groups is 1. The molecule has 0 bridgehead atoms. The van der Waals surface area contributed by atoms with Crippen LogP contribution in [-0.4, -0.2) is 56.6 Å². The summed E-state index contributed by atoms with van der Waals surface area (Å²) < 4.78 is 0. The van der Waals surface area contributed by atoms with E-state index in [-0.39, 0.29) is 28.7 Å². The minimum absolute atomic E-state index is 0.129. The van der Waals surface area contributed by atoms with Crippen molar-refractivity contribution in [3.05, 3.63) is 26.6 Å². The Labute approximate surface area is 200 Å². The Bertz CT molecular complexity index is 1150. The first kappa shape index (κ1) is 23.7. The van der Waals surface area contributed by atoms with Crippen LogP contribution in [0.1, 0.15) is 55.3 Å². The SMILES string of the molecule is Cc1sc2nc(CSC(C)C(=O)NCCCN3C(=O)NC4(CCCC4)C3=O)[nH]c(=O)c2c1C. The van der Waals surface area contributed by atoms with Crippen LogP contribution in [-0.2, 0) is 15.3 Å². The molecule has 4 amide bonds. The van der Waals surface area contributed by atoms with Crippen molar-refractivity contribution in [3.8, 4) is 0 Å². The molecule has 1 aliphatic carbocycles. The smallest absolute Gasteiger partial charge is 0.325 e. The third-order valence-corrected chi connectivity index (χ3v) is 8.74. The Balaban J connectivity index is 1.23. The number of carbonyl (C=O) groups is 3. The Hall–Kier alpha value is -2.40. The molecule has 11 heteroatoms. The number of aryl methyl sites for hydroxylation is 2. The number of hydrogen-bond donors (Lipinski definition) is 3. The second kappa shape index (κ2) is 9.46. The zero-order valence-electron chi connectivity index (χ0n) is 19.1. The van der Waals surface area contributed by atoms with Crippen LogP contribution in [0.4, 0.5) is 4.79 Å². The van der Waals surface area contributed by atoms with Gasteiger partial charge in [0.25, 0.3) is 11.5 Å². The van der Waals surface area contributed by atoms with Gasteiger partial charge in [-0.3, -0.25) is 19.3 Å². The van der Waals surface area contributed by atoms with Crippen LogP contribution < -0.4 is 16.2 Å². The molecule has 1 aliphatic heterocycles. The Morgan fingerprint density at radius 2 is 2.00 bits per heavy atom. The lowest BCUT2D eigenvalue weighted by Gasteiger charge is -2.20. The molecule has 2 aromatic rings. The third-order valence-electron chi connectivity index (χ3n) is 6.49. The van der Waals surface area contributed by atoms with Gasteiger partial charge in [-0.2, -0.15) is 0 Å². The van der Waals surface area contributed by atoms with E-state index in [2.05, 4.69) is 20.6 Å². The lowest BCUT2D eigenvalue weighted by atomic mass is 9.98. The molecule has 2 aromatic heterocycles. The van der Waals surface area contributed by atoms with Crippen LogP contribution in [0, 0.1) is 13.8 Å². The van der Waals surface area contributed by atoms with Crippen molar-refractivity contribution >= 4 is 51.2 Å². The first-order chi connectivity index (χ1) is 15.7. The molecule has 4 rings (SSSR count). The maximum atomic E-state index is 12.6. The number of aromatic nitrogens is 2. The van der Waals surface area contributed by atoms with Gasteiger partial charge in [-0.1, -0.05) is 12.8 Å². The van der Waals surface area contributed by atoms with Crippen molar-refractivity contribution < 1.29 is 14.4 Å². The van der Waals surface area contributed by atoms with Crippen molar-refractivity contribution in [2.75, 3.05) is 13.1 Å². The predicted octanol–water partition coefficient (Wildman–Crippen LogP) is 2.59. The summed E-state index contributed by atoms with van der Waals surface area (Å²) in [5, 5.41) is 6.03. The fourth-order valence-electron chi connectivity index (χ4n) is 4.44. The van der Waals surface area contributed by atoms with Gasteiger partial charge < -0.3 is 15.6 Å². The van der Waals surface area contributed by atoms with Crippen LogP contribution >= 0.6 is 23.1 Å². The van der Waals surface area contributed by atoms with E-state index in [1.807, 2.05) is 13.8 Å². The molecule has 1 saturated heterocycles. The average Bonchev–Trinajstić information content (AvgIpc) is 3.42. The molecule has 1 spiro atoms. The highest BCUT2D eigenvalue weighted by molar-refractivity contribution is 7.99. The summed E-state index contributed by atoms with van der Waals surface area (Å²) in [6.45, 7) is 6.37. The van der Waals surface area contributed by atoms with E-state index in [1.54, 1.807) is 6.92 Å². The number of rotatable bonds is 8. The Morgan fingerprint density at radius 1 is 1.27 bits per heavy atom. The molecule has 3 heterocycles. The summed E-state index contributed by atoms with van der Waals surface area (Å²) in [4.78, 5) is 60.1. The monoisotopic (exact) mass is 491 g/mol. The molecule has 1 saturated carbocycles. The molecule has 3 N–H and O–H groups in total. The van der Waals surface area contributed by atoms with Crippen LogP contribution in [0.2, 0.25) is 0 Å². The van der Waals surface area contributed by atoms with Gasteiger partial charge in [-0.25, -0.2) is 9.78 Å². The fraction of sp³-hybridized carbons (Fsp3) is 0.591. The summed E-state index contributed by atoms with van der Waals surface area (Å²) >= 11 is 2.90. The minimum Gasteiger partial charge on any atom is -0.355 e. The van der Waals surface area contributed by atoms with Gasteiger partial charge in [0.2, 0.25) is 5.91 Å². The summed E-state index contributed by atoms with van der Waals surface area (Å²) in [6.07, 6.45) is 3.82. The van der Waals surface area contributed by atoms with Crippen molar-refractivity contribution in [1.29, 1.82) is 0 Å². The Kier molecular flexibility index (Phi) is 6.81. The van der Waals surface area contributed by atoms with E-state index in [0.29, 0.717) is 49.3 Å². The van der Waals surface area contributed by atoms with Gasteiger partial charge in [0.1, 0.15) is 16.2 Å². The third kappa shape index (κ3) is 4.65. The number of nitrogens with zero attached hydrogens (tertiary/aromatic N) is 2. The fourth-order valence-corrected chi connectivity index (χ4v) is 6.26. The van der Waals surface area contributed by atoms with Crippen molar-refractivity contribution in [3.63, 3.8) is 0 Å². The molecule has 0 aromatic carbocycles. The minimum atomic E-state index is -0.690. The number of urea groups is 1. The zero-order chi connectivity index (χ0) is 23.8. The van der Waals surface area contributed by atoms with E-state index in [4.69, 9.17) is 0 Å². The number of nitrogens with one attached hydrogen (secondary N) is 3. The highest BCUT2D eigenvalue weighted by atomic mass is 32.2. The molecule has 33 heavy (non-hydrogen) atoms. The summed E-state index contributed by atoms with van der Waals surface area (Å²) in [5.41, 5.74) is 0.126. The maximum Gasteiger partial charge on any atom is 0.325 e. The van der Waals surface area contributed by atoms with E-state index in [0.717, 1.165) is 28.1 Å². The van der Waals surface area contributed by atoms with Gasteiger partial charge >= 0.3 is 6.03 Å². The molecular formula is C22H29N5O4S2. The molecule has 1 unspecified atom stereocenters. The maximum absolute atomic E-state index is 12.6. The number of fused-ring (bicyclic) bond motifs is 1. The number of aromatic amines is 1. The number of thiophene rings is 1. The van der Waals surface area contributed by atoms with Crippen LogP contribution in [0.15, 0.2) is 4.79 Å². The van der Waals surface area contributed by atoms with Crippen LogP contribution in [0.25, 0.3) is 10.2 Å². The normalized spacial score (nSPS) is 18.3. The average molecular weight is 492 g/mol. The topological polar surface area (TPSA) is 124 Å². The summed E-state index contributed by atoms with van der Waals surface area (Å²) in [6, 6.07) is -0.327. The largest absolute Gasteiger partial charge is 0.355 e. The molecule has 0 radical (unpaired) electrons. The molecule has 1 atom stereocenters. The lowest BCUT2D eigenvalue weighted by molar-refractivity contribution is -0.131. The molecular weight excluding hydrogens is 462 g/mol. The van der Waals surface area contributed by atoms with E-state index in [9.17, 15) is 19.2 Å². The van der Waals surface area contributed by atoms with Crippen LogP contribution in [0.3, 0.4) is 0 Å². The van der Waals surface area contributed by atoms with Crippen molar-refractivity contribution in [2.24, 2.45) is 0 Å². The first-order valence-electron chi connectivity index (χ1n) is 11.2. The highest BCUT2D eigenvalue weighted by Gasteiger charge is 2.51.